The maximum atomic E-state index is 4.13. The van der Waals surface area contributed by atoms with Gasteiger partial charge in [0, 0.05) is 25.2 Å². The van der Waals surface area contributed by atoms with Gasteiger partial charge in [-0.1, -0.05) is 0 Å². The summed E-state index contributed by atoms with van der Waals surface area (Å²) in [5.74, 6) is 0.829. The van der Waals surface area contributed by atoms with E-state index in [0.29, 0.717) is 0 Å². The summed E-state index contributed by atoms with van der Waals surface area (Å²) in [6.45, 7) is 0. The molecule has 0 aliphatic rings. The van der Waals surface area contributed by atoms with Crippen molar-refractivity contribution in [2.24, 2.45) is 7.05 Å². The lowest BCUT2D eigenvalue weighted by atomic mass is 10.5. The Labute approximate surface area is 91.1 Å². The molecule has 6 nitrogen and oxygen atoms in total. The fourth-order valence-electron chi connectivity index (χ4n) is 1.02. The van der Waals surface area contributed by atoms with Crippen LogP contribution in [0.4, 0.5) is 5.82 Å². The van der Waals surface area contributed by atoms with Gasteiger partial charge < -0.3 is 5.32 Å². The highest BCUT2D eigenvalue weighted by molar-refractivity contribution is 7.99. The highest BCUT2D eigenvalue weighted by Gasteiger charge is 2.05. The summed E-state index contributed by atoms with van der Waals surface area (Å²) in [7, 11) is 3.64. The summed E-state index contributed by atoms with van der Waals surface area (Å²) in [6.07, 6.45) is 1.75. The highest BCUT2D eigenvalue weighted by Crippen LogP contribution is 2.25. The number of rotatable bonds is 3. The van der Waals surface area contributed by atoms with Crippen molar-refractivity contribution < 1.29 is 0 Å². The van der Waals surface area contributed by atoms with Gasteiger partial charge in [0.1, 0.15) is 5.82 Å². The first-order chi connectivity index (χ1) is 7.29. The van der Waals surface area contributed by atoms with E-state index in [2.05, 4.69) is 25.8 Å². The molecule has 2 rings (SSSR count). The molecule has 0 atom stereocenters. The van der Waals surface area contributed by atoms with Crippen LogP contribution in [-0.2, 0) is 7.05 Å². The molecule has 0 bridgehead atoms. The monoisotopic (exact) mass is 222 g/mol. The number of hydrogen-bond donors (Lipinski definition) is 1. The van der Waals surface area contributed by atoms with E-state index >= 15 is 0 Å². The van der Waals surface area contributed by atoms with Crippen LogP contribution in [0.2, 0.25) is 0 Å². The van der Waals surface area contributed by atoms with Gasteiger partial charge in [0.25, 0.3) is 0 Å². The standard InChI is InChI=1S/C8H10N6S/c1-9-7-5-6(3-4-10-7)15-8-11-12-13-14(8)2/h3-5H,1-2H3,(H,9,10). The zero-order chi connectivity index (χ0) is 10.7. The SMILES string of the molecule is CNc1cc(Sc2nnnn2C)ccn1. The highest BCUT2D eigenvalue weighted by atomic mass is 32.2. The van der Waals surface area contributed by atoms with Gasteiger partial charge in [0.2, 0.25) is 5.16 Å². The van der Waals surface area contributed by atoms with Crippen LogP contribution in [0.1, 0.15) is 0 Å². The lowest BCUT2D eigenvalue weighted by Gasteiger charge is -2.01. The van der Waals surface area contributed by atoms with Crippen molar-refractivity contribution in [3.8, 4) is 0 Å². The van der Waals surface area contributed by atoms with E-state index in [4.69, 9.17) is 0 Å². The summed E-state index contributed by atoms with van der Waals surface area (Å²) in [5, 5.41) is 15.0. The van der Waals surface area contributed by atoms with E-state index < -0.39 is 0 Å². The zero-order valence-corrected chi connectivity index (χ0v) is 9.19. The molecule has 0 aromatic carbocycles. The molecule has 1 N–H and O–H groups in total. The lowest BCUT2D eigenvalue weighted by Crippen LogP contribution is -1.94. The number of tetrazole rings is 1. The molecule has 0 aliphatic carbocycles. The molecule has 15 heavy (non-hydrogen) atoms. The maximum absolute atomic E-state index is 4.13. The van der Waals surface area contributed by atoms with Crippen molar-refractivity contribution in [2.45, 2.75) is 10.1 Å². The van der Waals surface area contributed by atoms with Crippen molar-refractivity contribution in [2.75, 3.05) is 12.4 Å². The van der Waals surface area contributed by atoms with Crippen molar-refractivity contribution in [3.05, 3.63) is 18.3 Å². The number of pyridine rings is 1. The number of nitrogens with zero attached hydrogens (tertiary/aromatic N) is 5. The van der Waals surface area contributed by atoms with Crippen LogP contribution >= 0.6 is 11.8 Å². The average molecular weight is 222 g/mol. The fraction of sp³-hybridized carbons (Fsp3) is 0.250. The normalized spacial score (nSPS) is 10.3. The van der Waals surface area contributed by atoms with Gasteiger partial charge in [0.15, 0.2) is 0 Å². The van der Waals surface area contributed by atoms with Gasteiger partial charge in [-0.15, -0.1) is 5.10 Å². The molecule has 0 aliphatic heterocycles. The predicted molar refractivity (Wildman–Crippen MR) is 56.7 cm³/mol. The molecule has 0 saturated heterocycles. The molecule has 0 fully saturated rings. The largest absolute Gasteiger partial charge is 0.373 e. The maximum Gasteiger partial charge on any atom is 0.213 e. The Morgan fingerprint density at radius 3 is 3.00 bits per heavy atom. The van der Waals surface area contributed by atoms with Crippen LogP contribution in [0, 0.1) is 0 Å². The van der Waals surface area contributed by atoms with Crippen LogP contribution in [-0.4, -0.2) is 32.2 Å². The molecule has 7 heteroatoms. The number of anilines is 1. The smallest absolute Gasteiger partial charge is 0.213 e. The summed E-state index contributed by atoms with van der Waals surface area (Å²) >= 11 is 1.50. The minimum Gasteiger partial charge on any atom is -0.373 e. The Kier molecular flexibility index (Phi) is 2.82. The molecule has 2 aromatic rings. The summed E-state index contributed by atoms with van der Waals surface area (Å²) < 4.78 is 1.63. The number of aryl methyl sites for hydroxylation is 1. The van der Waals surface area contributed by atoms with E-state index in [1.54, 1.807) is 10.9 Å². The third-order valence-corrected chi connectivity index (χ3v) is 2.80. The van der Waals surface area contributed by atoms with Gasteiger partial charge in [0.05, 0.1) is 0 Å². The summed E-state index contributed by atoms with van der Waals surface area (Å²) in [5.41, 5.74) is 0. The third kappa shape index (κ3) is 2.24. The van der Waals surface area contributed by atoms with Gasteiger partial charge >= 0.3 is 0 Å². The fourth-order valence-corrected chi connectivity index (χ4v) is 1.78. The molecule has 0 saturated carbocycles. The first-order valence-corrected chi connectivity index (χ1v) is 5.15. The number of hydrogen-bond acceptors (Lipinski definition) is 6. The van der Waals surface area contributed by atoms with Crippen molar-refractivity contribution >= 4 is 17.6 Å². The first-order valence-electron chi connectivity index (χ1n) is 4.33. The van der Waals surface area contributed by atoms with E-state index in [1.165, 1.54) is 11.8 Å². The molecule has 0 amide bonds. The van der Waals surface area contributed by atoms with E-state index in [-0.39, 0.29) is 0 Å². The zero-order valence-electron chi connectivity index (χ0n) is 8.38. The second-order valence-electron chi connectivity index (χ2n) is 2.81. The van der Waals surface area contributed by atoms with Gasteiger partial charge in [-0.25, -0.2) is 9.67 Å². The summed E-state index contributed by atoms with van der Waals surface area (Å²) in [6, 6.07) is 3.86. The molecular weight excluding hydrogens is 212 g/mol. The van der Waals surface area contributed by atoms with E-state index in [0.717, 1.165) is 15.9 Å². The molecule has 78 valence electrons. The van der Waals surface area contributed by atoms with E-state index in [1.807, 2.05) is 26.2 Å². The Hall–Kier alpha value is -1.63. The van der Waals surface area contributed by atoms with Crippen LogP contribution < -0.4 is 5.32 Å². The van der Waals surface area contributed by atoms with Crippen LogP contribution in [0.5, 0.6) is 0 Å². The molecule has 2 aromatic heterocycles. The van der Waals surface area contributed by atoms with Gasteiger partial charge in [-0.05, 0) is 34.3 Å². The average Bonchev–Trinajstić information content (AvgIpc) is 2.65. The van der Waals surface area contributed by atoms with Crippen molar-refractivity contribution in [3.63, 3.8) is 0 Å². The Bertz CT molecular complexity index is 454. The summed E-state index contributed by atoms with van der Waals surface area (Å²) in [4.78, 5) is 5.18. The third-order valence-electron chi connectivity index (χ3n) is 1.78. The Morgan fingerprint density at radius 1 is 1.47 bits per heavy atom. The number of nitrogens with one attached hydrogen (secondary N) is 1. The van der Waals surface area contributed by atoms with Crippen LogP contribution in [0.25, 0.3) is 0 Å². The van der Waals surface area contributed by atoms with Gasteiger partial charge in [-0.2, -0.15) is 0 Å². The van der Waals surface area contributed by atoms with Crippen LogP contribution in [0.15, 0.2) is 28.4 Å². The molecule has 0 unspecified atom stereocenters. The molecule has 0 radical (unpaired) electrons. The quantitative estimate of drug-likeness (QED) is 0.828. The minimum absolute atomic E-state index is 0.753. The van der Waals surface area contributed by atoms with Gasteiger partial charge in [-0.3, -0.25) is 0 Å². The topological polar surface area (TPSA) is 68.5 Å². The first kappa shape index (κ1) is 9.91. The molecular formula is C8H10N6S. The second-order valence-corrected chi connectivity index (χ2v) is 3.85. The Balaban J connectivity index is 2.21. The Morgan fingerprint density at radius 2 is 2.33 bits per heavy atom. The minimum atomic E-state index is 0.753. The molecule has 2 heterocycles. The molecule has 0 spiro atoms. The van der Waals surface area contributed by atoms with Crippen LogP contribution in [0.3, 0.4) is 0 Å². The second kappa shape index (κ2) is 4.26. The van der Waals surface area contributed by atoms with Crippen molar-refractivity contribution in [1.29, 1.82) is 0 Å². The lowest BCUT2D eigenvalue weighted by molar-refractivity contribution is 0.664. The predicted octanol–water partition coefficient (Wildman–Crippen LogP) is 0.798. The van der Waals surface area contributed by atoms with Crippen molar-refractivity contribution in [1.82, 2.24) is 25.2 Å². The van der Waals surface area contributed by atoms with E-state index in [9.17, 15) is 0 Å². The number of aromatic nitrogens is 5.